The maximum atomic E-state index is 11.7. The highest BCUT2D eigenvalue weighted by molar-refractivity contribution is 6.30. The average molecular weight is 247 g/mol. The minimum Gasteiger partial charge on any atom is -0.330 e. The monoisotopic (exact) mass is 246 g/mol. The van der Waals surface area contributed by atoms with Gasteiger partial charge in [0.15, 0.2) is 0 Å². The van der Waals surface area contributed by atoms with Crippen molar-refractivity contribution in [2.45, 2.75) is 0 Å². The number of carbonyl (C=O) groups is 1. The molecule has 0 N–H and O–H groups in total. The number of urea groups is 1. The largest absolute Gasteiger partial charge is 0.330 e. The molecule has 3 nitrogen and oxygen atoms in total. The van der Waals surface area contributed by atoms with E-state index >= 15 is 0 Å². The minimum atomic E-state index is -0.160. The van der Waals surface area contributed by atoms with E-state index < -0.39 is 0 Å². The van der Waals surface area contributed by atoms with Crippen LogP contribution in [0.3, 0.4) is 0 Å². The van der Waals surface area contributed by atoms with Gasteiger partial charge in [0.05, 0.1) is 0 Å². The Hall–Kier alpha value is -0.930. The van der Waals surface area contributed by atoms with Crippen LogP contribution in [0.25, 0.3) is 0 Å². The predicted molar refractivity (Wildman–Crippen MR) is 63.7 cm³/mol. The fourth-order valence-electron chi connectivity index (χ4n) is 1.09. The molecule has 0 aromatic heterocycles. The standard InChI is InChI=1S/C10H12Cl2N2O/c1-13(2)10(15)14(7-11)9-5-3-8(12)4-6-9/h3-6H,7H2,1-2H3. The van der Waals surface area contributed by atoms with Crippen LogP contribution in [-0.4, -0.2) is 31.0 Å². The van der Waals surface area contributed by atoms with Crippen molar-refractivity contribution in [3.8, 4) is 0 Å². The molecule has 0 spiro atoms. The summed E-state index contributed by atoms with van der Waals surface area (Å²) in [6.45, 7) is 0. The van der Waals surface area contributed by atoms with Crippen LogP contribution in [0, 0.1) is 0 Å². The molecule has 0 fully saturated rings. The zero-order chi connectivity index (χ0) is 11.4. The van der Waals surface area contributed by atoms with Gasteiger partial charge in [0.25, 0.3) is 0 Å². The number of alkyl halides is 1. The maximum absolute atomic E-state index is 11.7. The van der Waals surface area contributed by atoms with E-state index in [1.165, 1.54) is 9.80 Å². The molecule has 0 heterocycles. The van der Waals surface area contributed by atoms with Gasteiger partial charge in [0.2, 0.25) is 0 Å². The fraction of sp³-hybridized carbons (Fsp3) is 0.300. The predicted octanol–water partition coefficient (Wildman–Crippen LogP) is 3.02. The second-order valence-corrected chi connectivity index (χ2v) is 3.88. The number of anilines is 1. The van der Waals surface area contributed by atoms with Crippen LogP contribution in [0.5, 0.6) is 0 Å². The Kier molecular flexibility index (Phi) is 4.24. The number of amides is 2. The molecule has 5 heteroatoms. The summed E-state index contributed by atoms with van der Waals surface area (Å²) in [5, 5.41) is 0.630. The molecule has 0 saturated heterocycles. The Morgan fingerprint density at radius 2 is 1.80 bits per heavy atom. The normalized spacial score (nSPS) is 9.87. The van der Waals surface area contributed by atoms with Crippen molar-refractivity contribution in [2.75, 3.05) is 25.0 Å². The van der Waals surface area contributed by atoms with Gasteiger partial charge in [-0.3, -0.25) is 4.90 Å². The summed E-state index contributed by atoms with van der Waals surface area (Å²) in [5.74, 6) is 0. The highest BCUT2D eigenvalue weighted by atomic mass is 35.5. The van der Waals surface area contributed by atoms with E-state index in [2.05, 4.69) is 0 Å². The third-order valence-electron chi connectivity index (χ3n) is 1.87. The first kappa shape index (κ1) is 12.1. The molecule has 0 bridgehead atoms. The number of halogens is 2. The summed E-state index contributed by atoms with van der Waals surface area (Å²) in [5.41, 5.74) is 0.730. The van der Waals surface area contributed by atoms with Crippen LogP contribution >= 0.6 is 23.2 Å². The van der Waals surface area contributed by atoms with E-state index in [1.54, 1.807) is 38.4 Å². The molecule has 0 atom stereocenters. The van der Waals surface area contributed by atoms with E-state index in [4.69, 9.17) is 23.2 Å². The highest BCUT2D eigenvalue weighted by Gasteiger charge is 2.15. The quantitative estimate of drug-likeness (QED) is 0.582. The van der Waals surface area contributed by atoms with Crippen LogP contribution in [0.4, 0.5) is 10.5 Å². The van der Waals surface area contributed by atoms with Gasteiger partial charge < -0.3 is 4.90 Å². The highest BCUT2D eigenvalue weighted by Crippen LogP contribution is 2.19. The number of benzene rings is 1. The van der Waals surface area contributed by atoms with E-state index in [-0.39, 0.29) is 12.0 Å². The number of nitrogens with zero attached hydrogens (tertiary/aromatic N) is 2. The van der Waals surface area contributed by atoms with Gasteiger partial charge in [-0.05, 0) is 24.3 Å². The molecule has 82 valence electrons. The molecule has 0 unspecified atom stereocenters. The van der Waals surface area contributed by atoms with E-state index in [0.717, 1.165) is 5.69 Å². The molecule has 0 aliphatic rings. The third kappa shape index (κ3) is 3.01. The smallest absolute Gasteiger partial charge is 0.325 e. The van der Waals surface area contributed by atoms with Crippen molar-refractivity contribution in [1.29, 1.82) is 0 Å². The zero-order valence-electron chi connectivity index (χ0n) is 8.58. The molecule has 0 aliphatic heterocycles. The lowest BCUT2D eigenvalue weighted by Crippen LogP contribution is -2.38. The van der Waals surface area contributed by atoms with Gasteiger partial charge in [-0.2, -0.15) is 0 Å². The van der Waals surface area contributed by atoms with Gasteiger partial charge in [0, 0.05) is 24.8 Å². The molecule has 1 rings (SSSR count). The summed E-state index contributed by atoms with van der Waals surface area (Å²) < 4.78 is 0. The lowest BCUT2D eigenvalue weighted by atomic mass is 10.3. The van der Waals surface area contributed by atoms with E-state index in [1.807, 2.05) is 0 Å². The lowest BCUT2D eigenvalue weighted by Gasteiger charge is -2.23. The summed E-state index contributed by atoms with van der Waals surface area (Å²) >= 11 is 11.5. The Labute approximate surface area is 99.2 Å². The molecule has 0 aliphatic carbocycles. The van der Waals surface area contributed by atoms with Gasteiger partial charge in [-0.1, -0.05) is 11.6 Å². The summed E-state index contributed by atoms with van der Waals surface area (Å²) in [6, 6.07) is 6.91. The van der Waals surface area contributed by atoms with E-state index in [0.29, 0.717) is 5.02 Å². The molecule has 2 amide bonds. The number of hydrogen-bond acceptors (Lipinski definition) is 1. The van der Waals surface area contributed by atoms with Crippen molar-refractivity contribution in [1.82, 2.24) is 4.90 Å². The molecular formula is C10H12Cl2N2O. The fourth-order valence-corrected chi connectivity index (χ4v) is 1.46. The van der Waals surface area contributed by atoms with Crippen LogP contribution in [0.1, 0.15) is 0 Å². The van der Waals surface area contributed by atoms with Crippen molar-refractivity contribution in [3.05, 3.63) is 29.3 Å². The Morgan fingerprint density at radius 3 is 2.20 bits per heavy atom. The SMILES string of the molecule is CN(C)C(=O)N(CCl)c1ccc(Cl)cc1. The first-order chi connectivity index (χ1) is 7.06. The van der Waals surface area contributed by atoms with Crippen LogP contribution in [0.2, 0.25) is 5.02 Å². The lowest BCUT2D eigenvalue weighted by molar-refractivity contribution is 0.225. The van der Waals surface area contributed by atoms with Crippen molar-refractivity contribution >= 4 is 34.9 Å². The van der Waals surface area contributed by atoms with Gasteiger partial charge >= 0.3 is 6.03 Å². The topological polar surface area (TPSA) is 23.6 Å². The van der Waals surface area contributed by atoms with Crippen molar-refractivity contribution < 1.29 is 4.79 Å². The van der Waals surface area contributed by atoms with Gasteiger partial charge in [-0.15, -0.1) is 11.6 Å². The summed E-state index contributed by atoms with van der Waals surface area (Å²) in [7, 11) is 3.36. The Bertz CT molecular complexity index is 338. The molecule has 0 radical (unpaired) electrons. The van der Waals surface area contributed by atoms with Crippen LogP contribution in [0.15, 0.2) is 24.3 Å². The Morgan fingerprint density at radius 1 is 1.27 bits per heavy atom. The summed E-state index contributed by atoms with van der Waals surface area (Å²) in [4.78, 5) is 14.6. The van der Waals surface area contributed by atoms with Crippen molar-refractivity contribution in [3.63, 3.8) is 0 Å². The molecule has 15 heavy (non-hydrogen) atoms. The number of hydrogen-bond donors (Lipinski definition) is 0. The molecule has 1 aromatic carbocycles. The molecular weight excluding hydrogens is 235 g/mol. The maximum Gasteiger partial charge on any atom is 0.325 e. The third-order valence-corrected chi connectivity index (χ3v) is 2.36. The minimum absolute atomic E-state index is 0.110. The van der Waals surface area contributed by atoms with Crippen LogP contribution < -0.4 is 4.90 Å². The molecule has 0 saturated carbocycles. The number of rotatable bonds is 2. The average Bonchev–Trinajstić information content (AvgIpc) is 2.21. The van der Waals surface area contributed by atoms with E-state index in [9.17, 15) is 4.79 Å². The molecule has 1 aromatic rings. The number of carbonyl (C=O) groups excluding carboxylic acids is 1. The Balaban J connectivity index is 2.92. The van der Waals surface area contributed by atoms with Crippen molar-refractivity contribution in [2.24, 2.45) is 0 Å². The first-order valence-corrected chi connectivity index (χ1v) is 5.28. The van der Waals surface area contributed by atoms with Crippen LogP contribution in [-0.2, 0) is 0 Å². The summed E-state index contributed by atoms with van der Waals surface area (Å²) in [6.07, 6.45) is 0. The second kappa shape index (κ2) is 5.24. The van der Waals surface area contributed by atoms with Gasteiger partial charge in [-0.25, -0.2) is 4.79 Å². The second-order valence-electron chi connectivity index (χ2n) is 3.20. The first-order valence-electron chi connectivity index (χ1n) is 4.36. The zero-order valence-corrected chi connectivity index (χ0v) is 10.1. The van der Waals surface area contributed by atoms with Gasteiger partial charge in [0.1, 0.15) is 6.00 Å².